The Morgan fingerprint density at radius 3 is 2.26 bits per heavy atom. The van der Waals surface area contributed by atoms with Crippen LogP contribution in [0.25, 0.3) is 0 Å². The fraction of sp³-hybridized carbons (Fsp3) is 0.500. The van der Waals surface area contributed by atoms with Crippen molar-refractivity contribution >= 4 is 29.4 Å². The fourth-order valence-corrected chi connectivity index (χ4v) is 4.92. The highest BCUT2D eigenvalue weighted by Crippen LogP contribution is 2.40. The molecule has 1 aromatic carbocycles. The molecule has 2 rings (SSSR count). The number of ether oxygens (including phenoxy) is 2. The SMILES string of the molecule is CCOC(=O)C1=C(C)NC(CSCN(CC)CC)=C(C(=O)OCC)C1c1cccc([N+](=O)[O-])c1. The zero-order chi connectivity index (χ0) is 25.3. The number of thioether (sulfide) groups is 1. The van der Waals surface area contributed by atoms with Crippen LogP contribution in [0.2, 0.25) is 0 Å². The lowest BCUT2D eigenvalue weighted by Crippen LogP contribution is -2.34. The van der Waals surface area contributed by atoms with Crippen LogP contribution in [0.5, 0.6) is 0 Å². The third-order valence-corrected chi connectivity index (χ3v) is 6.51. The maximum absolute atomic E-state index is 13.2. The topological polar surface area (TPSA) is 111 Å². The summed E-state index contributed by atoms with van der Waals surface area (Å²) in [5.41, 5.74) is 2.00. The monoisotopic (exact) mass is 491 g/mol. The lowest BCUT2D eigenvalue weighted by atomic mass is 9.80. The Morgan fingerprint density at radius 2 is 1.71 bits per heavy atom. The van der Waals surface area contributed by atoms with Crippen LogP contribution in [-0.4, -0.2) is 59.7 Å². The Morgan fingerprint density at radius 1 is 1.09 bits per heavy atom. The van der Waals surface area contributed by atoms with Crippen molar-refractivity contribution < 1.29 is 24.0 Å². The number of hydrogen-bond acceptors (Lipinski definition) is 9. The normalized spacial score (nSPS) is 15.9. The van der Waals surface area contributed by atoms with Crippen LogP contribution in [0.1, 0.15) is 46.1 Å². The van der Waals surface area contributed by atoms with Crippen molar-refractivity contribution in [2.75, 3.05) is 37.9 Å². The predicted molar refractivity (Wildman–Crippen MR) is 132 cm³/mol. The van der Waals surface area contributed by atoms with Gasteiger partial charge in [0.25, 0.3) is 5.69 Å². The first-order chi connectivity index (χ1) is 16.3. The standard InChI is InChI=1S/C24H33N3O6S/c1-6-26(7-2)15-34-14-19-22(24(29)33-9-4)21(17-11-10-12-18(13-17)27(30)31)20(16(5)25-19)23(28)32-8-3/h10-13,21,25H,6-9,14-15H2,1-5H3. The first-order valence-corrected chi connectivity index (χ1v) is 12.5. The van der Waals surface area contributed by atoms with Gasteiger partial charge in [0.1, 0.15) is 0 Å². The first-order valence-electron chi connectivity index (χ1n) is 11.4. The van der Waals surface area contributed by atoms with Gasteiger partial charge in [0.2, 0.25) is 0 Å². The van der Waals surface area contributed by atoms with Gasteiger partial charge in [-0.05, 0) is 39.4 Å². The van der Waals surface area contributed by atoms with E-state index in [0.29, 0.717) is 22.7 Å². The van der Waals surface area contributed by atoms with Crippen molar-refractivity contribution in [3.63, 3.8) is 0 Å². The number of allylic oxidation sites excluding steroid dienone is 1. The molecule has 1 aromatic rings. The minimum absolute atomic E-state index is 0.127. The summed E-state index contributed by atoms with van der Waals surface area (Å²) in [5, 5.41) is 14.7. The zero-order valence-electron chi connectivity index (χ0n) is 20.4. The molecule has 1 N–H and O–H groups in total. The summed E-state index contributed by atoms with van der Waals surface area (Å²) in [6, 6.07) is 5.99. The number of nitro benzene ring substituents is 1. The van der Waals surface area contributed by atoms with Gasteiger partial charge in [-0.25, -0.2) is 9.59 Å². The van der Waals surface area contributed by atoms with E-state index < -0.39 is 22.8 Å². The Bertz CT molecular complexity index is 971. The third kappa shape index (κ3) is 6.60. The van der Waals surface area contributed by atoms with E-state index in [1.165, 1.54) is 12.1 Å². The molecule has 1 aliphatic heterocycles. The highest BCUT2D eigenvalue weighted by molar-refractivity contribution is 7.99. The van der Waals surface area contributed by atoms with E-state index in [0.717, 1.165) is 19.0 Å². The van der Waals surface area contributed by atoms with Crippen molar-refractivity contribution in [1.29, 1.82) is 0 Å². The summed E-state index contributed by atoms with van der Waals surface area (Å²) in [4.78, 5) is 39.4. The number of carbonyl (C=O) groups excluding carboxylic acids is 2. The number of nitrogens with zero attached hydrogens (tertiary/aromatic N) is 2. The number of esters is 2. The molecule has 0 aromatic heterocycles. The number of dihydropyridines is 1. The molecule has 1 atom stereocenters. The maximum atomic E-state index is 13.2. The minimum Gasteiger partial charge on any atom is -0.463 e. The molecule has 1 aliphatic rings. The molecule has 0 amide bonds. The second-order valence-electron chi connectivity index (χ2n) is 7.56. The lowest BCUT2D eigenvalue weighted by molar-refractivity contribution is -0.384. The molecule has 34 heavy (non-hydrogen) atoms. The van der Waals surface area contributed by atoms with Gasteiger partial charge in [-0.2, -0.15) is 0 Å². The Hall–Kier alpha value is -2.85. The average molecular weight is 492 g/mol. The van der Waals surface area contributed by atoms with Gasteiger partial charge in [0.05, 0.1) is 35.2 Å². The van der Waals surface area contributed by atoms with E-state index in [-0.39, 0.29) is 30.0 Å². The van der Waals surface area contributed by atoms with Crippen LogP contribution in [0.15, 0.2) is 46.8 Å². The largest absolute Gasteiger partial charge is 0.463 e. The molecular formula is C24H33N3O6S. The van der Waals surface area contributed by atoms with E-state index in [4.69, 9.17) is 9.47 Å². The number of nitro groups is 1. The van der Waals surface area contributed by atoms with Crippen molar-refractivity contribution in [1.82, 2.24) is 10.2 Å². The first kappa shape index (κ1) is 27.4. The molecule has 0 saturated carbocycles. The van der Waals surface area contributed by atoms with Gasteiger partial charge in [-0.3, -0.25) is 15.0 Å². The summed E-state index contributed by atoms with van der Waals surface area (Å²) < 4.78 is 10.7. The average Bonchev–Trinajstić information content (AvgIpc) is 2.81. The quantitative estimate of drug-likeness (QED) is 0.201. The number of rotatable bonds is 12. The van der Waals surface area contributed by atoms with Crippen molar-refractivity contribution in [2.45, 2.75) is 40.5 Å². The van der Waals surface area contributed by atoms with Crippen LogP contribution in [0.3, 0.4) is 0 Å². The van der Waals surface area contributed by atoms with Gasteiger partial charge < -0.3 is 14.8 Å². The minimum atomic E-state index is -0.858. The van der Waals surface area contributed by atoms with Gasteiger partial charge in [0.15, 0.2) is 0 Å². The summed E-state index contributed by atoms with van der Waals surface area (Å²) in [6.07, 6.45) is 0. The smallest absolute Gasteiger partial charge is 0.336 e. The van der Waals surface area contributed by atoms with Crippen LogP contribution in [-0.2, 0) is 19.1 Å². The maximum Gasteiger partial charge on any atom is 0.336 e. The fourth-order valence-electron chi connectivity index (χ4n) is 3.77. The second kappa shape index (κ2) is 13.1. The van der Waals surface area contributed by atoms with Gasteiger partial charge >= 0.3 is 11.9 Å². The van der Waals surface area contributed by atoms with E-state index in [2.05, 4.69) is 24.1 Å². The van der Waals surface area contributed by atoms with E-state index in [1.807, 2.05) is 0 Å². The van der Waals surface area contributed by atoms with Crippen LogP contribution < -0.4 is 5.32 Å². The molecule has 9 nitrogen and oxygen atoms in total. The summed E-state index contributed by atoms with van der Waals surface area (Å²) in [5.74, 6) is -0.768. The number of carbonyl (C=O) groups is 2. The predicted octanol–water partition coefficient (Wildman–Crippen LogP) is 3.97. The third-order valence-electron chi connectivity index (χ3n) is 5.46. The second-order valence-corrected chi connectivity index (χ2v) is 8.52. The molecule has 1 heterocycles. The molecule has 1 unspecified atom stereocenters. The Labute approximate surface area is 204 Å². The highest BCUT2D eigenvalue weighted by Gasteiger charge is 2.39. The van der Waals surface area contributed by atoms with Gasteiger partial charge in [-0.1, -0.05) is 26.0 Å². The number of hydrogen-bond donors (Lipinski definition) is 1. The highest BCUT2D eigenvalue weighted by atomic mass is 32.2. The molecule has 0 fully saturated rings. The molecule has 0 spiro atoms. The van der Waals surface area contributed by atoms with E-state index in [1.54, 1.807) is 44.7 Å². The molecule has 0 bridgehead atoms. The molecule has 10 heteroatoms. The molecular weight excluding hydrogens is 458 g/mol. The number of non-ortho nitro benzene ring substituents is 1. The molecule has 186 valence electrons. The zero-order valence-corrected chi connectivity index (χ0v) is 21.2. The van der Waals surface area contributed by atoms with E-state index >= 15 is 0 Å². The lowest BCUT2D eigenvalue weighted by Gasteiger charge is -2.31. The van der Waals surface area contributed by atoms with Crippen molar-refractivity contribution in [2.24, 2.45) is 0 Å². The Kier molecular flexibility index (Phi) is 10.6. The van der Waals surface area contributed by atoms with Crippen LogP contribution in [0, 0.1) is 10.1 Å². The molecule has 0 saturated heterocycles. The molecule has 0 radical (unpaired) electrons. The molecule has 0 aliphatic carbocycles. The number of benzene rings is 1. The van der Waals surface area contributed by atoms with Gasteiger partial charge in [0, 0.05) is 35.2 Å². The summed E-state index contributed by atoms with van der Waals surface area (Å²) in [6.45, 7) is 11.4. The summed E-state index contributed by atoms with van der Waals surface area (Å²) in [7, 11) is 0. The van der Waals surface area contributed by atoms with Crippen LogP contribution >= 0.6 is 11.8 Å². The summed E-state index contributed by atoms with van der Waals surface area (Å²) >= 11 is 1.63. The van der Waals surface area contributed by atoms with Crippen molar-refractivity contribution in [3.8, 4) is 0 Å². The Balaban J connectivity index is 2.64. The van der Waals surface area contributed by atoms with E-state index in [9.17, 15) is 19.7 Å². The van der Waals surface area contributed by atoms with Gasteiger partial charge in [-0.15, -0.1) is 11.8 Å². The van der Waals surface area contributed by atoms with Crippen molar-refractivity contribution in [3.05, 3.63) is 62.5 Å². The van der Waals surface area contributed by atoms with Crippen LogP contribution in [0.4, 0.5) is 5.69 Å². The number of nitrogens with one attached hydrogen (secondary N) is 1.